The van der Waals surface area contributed by atoms with E-state index in [4.69, 9.17) is 29.6 Å². The Morgan fingerprint density at radius 3 is 2.40 bits per heavy atom. The molecule has 20 heavy (non-hydrogen) atoms. The van der Waals surface area contributed by atoms with Crippen LogP contribution in [0.1, 0.15) is 5.56 Å². The molecule has 4 nitrogen and oxygen atoms in total. The third kappa shape index (κ3) is 3.92. The van der Waals surface area contributed by atoms with Gasteiger partial charge in [-0.3, -0.25) is 4.72 Å². The minimum Gasteiger partial charge on any atom is -0.393 e. The molecule has 0 fully saturated rings. The lowest BCUT2D eigenvalue weighted by molar-refractivity contribution is 0.603. The van der Waals surface area contributed by atoms with Crippen molar-refractivity contribution in [1.29, 1.82) is 0 Å². The highest BCUT2D eigenvalue weighted by Crippen LogP contribution is 2.27. The van der Waals surface area contributed by atoms with E-state index >= 15 is 0 Å². The molecule has 2 aromatic rings. The van der Waals surface area contributed by atoms with Crippen molar-refractivity contribution in [3.8, 4) is 0 Å². The molecule has 0 aliphatic heterocycles. The van der Waals surface area contributed by atoms with Crippen molar-refractivity contribution in [2.45, 2.75) is 10.6 Å². The Kier molecular flexibility index (Phi) is 4.64. The van der Waals surface area contributed by atoms with E-state index in [1.54, 1.807) is 30.3 Å². The minimum absolute atomic E-state index is 0.176. The van der Waals surface area contributed by atoms with E-state index in [9.17, 15) is 8.42 Å². The highest BCUT2D eigenvalue weighted by Gasteiger charge is 2.16. The molecular formula is C12H11ClN2O2S3. The van der Waals surface area contributed by atoms with E-state index in [1.807, 2.05) is 0 Å². The van der Waals surface area contributed by atoms with Crippen LogP contribution in [0.5, 0.6) is 0 Å². The second kappa shape index (κ2) is 6.09. The van der Waals surface area contributed by atoms with Gasteiger partial charge < -0.3 is 5.73 Å². The summed E-state index contributed by atoms with van der Waals surface area (Å²) in [6.07, 6.45) is 0.489. The molecule has 1 aromatic heterocycles. The molecule has 0 aliphatic carbocycles. The average molecular weight is 347 g/mol. The van der Waals surface area contributed by atoms with Crippen molar-refractivity contribution in [2.75, 3.05) is 4.72 Å². The van der Waals surface area contributed by atoms with Gasteiger partial charge in [-0.1, -0.05) is 36.0 Å². The molecule has 0 saturated heterocycles. The summed E-state index contributed by atoms with van der Waals surface area (Å²) in [5.74, 6) is 0. The summed E-state index contributed by atoms with van der Waals surface area (Å²) >= 11 is 11.6. The number of nitrogens with two attached hydrogens (primary N) is 1. The fourth-order valence-corrected chi connectivity index (χ4v) is 4.25. The van der Waals surface area contributed by atoms with Crippen LogP contribution in [-0.2, 0) is 16.4 Å². The van der Waals surface area contributed by atoms with Crippen molar-refractivity contribution in [1.82, 2.24) is 0 Å². The van der Waals surface area contributed by atoms with Gasteiger partial charge >= 0.3 is 0 Å². The second-order valence-electron chi connectivity index (χ2n) is 4.00. The maximum atomic E-state index is 12.1. The molecule has 0 spiro atoms. The fraction of sp³-hybridized carbons (Fsp3) is 0.0833. The predicted octanol–water partition coefficient (Wildman–Crippen LogP) is 3.03. The van der Waals surface area contributed by atoms with E-state index < -0.39 is 10.0 Å². The van der Waals surface area contributed by atoms with Crippen LogP contribution in [0.2, 0.25) is 4.34 Å². The van der Waals surface area contributed by atoms with Crippen LogP contribution >= 0.6 is 35.2 Å². The molecular weight excluding hydrogens is 336 g/mol. The van der Waals surface area contributed by atoms with Crippen molar-refractivity contribution in [3.05, 3.63) is 46.3 Å². The molecule has 1 heterocycles. The maximum Gasteiger partial charge on any atom is 0.271 e. The van der Waals surface area contributed by atoms with Crippen LogP contribution in [0.15, 0.2) is 40.6 Å². The zero-order chi connectivity index (χ0) is 14.8. The molecule has 2 rings (SSSR count). The number of sulfonamides is 1. The van der Waals surface area contributed by atoms with Crippen LogP contribution in [0.25, 0.3) is 0 Å². The van der Waals surface area contributed by atoms with Crippen LogP contribution in [-0.4, -0.2) is 13.4 Å². The fourth-order valence-electron chi connectivity index (χ4n) is 1.54. The van der Waals surface area contributed by atoms with E-state index in [1.165, 1.54) is 6.07 Å². The van der Waals surface area contributed by atoms with Crippen molar-refractivity contribution in [3.63, 3.8) is 0 Å². The number of hydrogen-bond donors (Lipinski definition) is 2. The van der Waals surface area contributed by atoms with Gasteiger partial charge in [-0.05, 0) is 29.8 Å². The lowest BCUT2D eigenvalue weighted by Crippen LogP contribution is -2.12. The Bertz CT molecular complexity index is 723. The van der Waals surface area contributed by atoms with Gasteiger partial charge in [0.25, 0.3) is 10.0 Å². The standard InChI is InChI=1S/C12H11ClN2O2S3/c13-10-5-6-12(19-10)20(16,17)15-9-3-1-8(2-4-9)7-11(14)18/h1-6,15H,7H2,(H2,14,18). The lowest BCUT2D eigenvalue weighted by atomic mass is 10.1. The Hall–Kier alpha value is -1.15. The predicted molar refractivity (Wildman–Crippen MR) is 87.1 cm³/mol. The first-order valence-corrected chi connectivity index (χ1v) is 8.61. The summed E-state index contributed by atoms with van der Waals surface area (Å²) in [6.45, 7) is 0. The van der Waals surface area contributed by atoms with E-state index in [0.29, 0.717) is 21.4 Å². The number of nitrogens with one attached hydrogen (secondary N) is 1. The summed E-state index contributed by atoms with van der Waals surface area (Å²) < 4.78 is 27.2. The first-order valence-electron chi connectivity index (χ1n) is 5.52. The summed E-state index contributed by atoms with van der Waals surface area (Å²) in [6, 6.07) is 9.90. The Balaban J connectivity index is 2.15. The number of halogens is 1. The van der Waals surface area contributed by atoms with Crippen LogP contribution in [0.3, 0.4) is 0 Å². The summed E-state index contributed by atoms with van der Waals surface area (Å²) in [4.78, 5) is 0.395. The van der Waals surface area contributed by atoms with Crippen molar-refractivity contribution in [2.24, 2.45) is 5.73 Å². The summed E-state index contributed by atoms with van der Waals surface area (Å²) in [5, 5.41) is 0. The number of hydrogen-bond acceptors (Lipinski definition) is 4. The SMILES string of the molecule is NC(=S)Cc1ccc(NS(=O)(=O)c2ccc(Cl)s2)cc1. The molecule has 0 aliphatic rings. The first-order chi connectivity index (χ1) is 9.37. The van der Waals surface area contributed by atoms with Crippen LogP contribution in [0.4, 0.5) is 5.69 Å². The molecule has 0 amide bonds. The van der Waals surface area contributed by atoms with Crippen molar-refractivity contribution < 1.29 is 8.42 Å². The van der Waals surface area contributed by atoms with Gasteiger partial charge in [0, 0.05) is 12.1 Å². The number of anilines is 1. The molecule has 0 bridgehead atoms. The maximum absolute atomic E-state index is 12.1. The number of rotatable bonds is 5. The number of benzene rings is 1. The highest BCUT2D eigenvalue weighted by molar-refractivity contribution is 7.94. The van der Waals surface area contributed by atoms with Gasteiger partial charge in [-0.25, -0.2) is 8.42 Å². The zero-order valence-electron chi connectivity index (χ0n) is 10.2. The molecule has 1 aromatic carbocycles. The third-order valence-corrected chi connectivity index (χ3v) is 5.65. The van der Waals surface area contributed by atoms with Gasteiger partial charge in [0.1, 0.15) is 4.21 Å². The Morgan fingerprint density at radius 1 is 1.25 bits per heavy atom. The summed E-state index contributed by atoms with van der Waals surface area (Å²) in [5.41, 5.74) is 6.85. The first kappa shape index (κ1) is 15.2. The molecule has 106 valence electrons. The minimum atomic E-state index is -3.59. The highest BCUT2D eigenvalue weighted by atomic mass is 35.5. The van der Waals surface area contributed by atoms with Gasteiger partial charge in [-0.2, -0.15) is 0 Å². The molecule has 3 N–H and O–H groups in total. The topological polar surface area (TPSA) is 72.2 Å². The Morgan fingerprint density at radius 2 is 1.90 bits per heavy atom. The molecule has 0 atom stereocenters. The van der Waals surface area contributed by atoms with Gasteiger partial charge in [-0.15, -0.1) is 11.3 Å². The largest absolute Gasteiger partial charge is 0.393 e. The second-order valence-corrected chi connectivity index (χ2v) is 8.15. The Labute approximate surface area is 131 Å². The molecule has 8 heteroatoms. The number of thiocarbonyl (C=S) groups is 1. The van der Waals surface area contributed by atoms with Crippen molar-refractivity contribution >= 4 is 55.9 Å². The molecule has 0 unspecified atom stereocenters. The van der Waals surface area contributed by atoms with E-state index in [2.05, 4.69) is 4.72 Å². The average Bonchev–Trinajstić information content (AvgIpc) is 2.78. The van der Waals surface area contributed by atoms with Gasteiger partial charge in [0.2, 0.25) is 0 Å². The van der Waals surface area contributed by atoms with Gasteiger partial charge in [0.05, 0.1) is 9.32 Å². The summed E-state index contributed by atoms with van der Waals surface area (Å²) in [7, 11) is -3.59. The van der Waals surface area contributed by atoms with Crippen LogP contribution in [0, 0.1) is 0 Å². The smallest absolute Gasteiger partial charge is 0.271 e. The van der Waals surface area contributed by atoms with Gasteiger partial charge in [0.15, 0.2) is 0 Å². The normalized spacial score (nSPS) is 11.2. The van der Waals surface area contributed by atoms with Crippen LogP contribution < -0.4 is 10.5 Å². The molecule has 0 saturated carbocycles. The monoisotopic (exact) mass is 346 g/mol. The third-order valence-electron chi connectivity index (χ3n) is 2.40. The zero-order valence-corrected chi connectivity index (χ0v) is 13.4. The van der Waals surface area contributed by atoms with E-state index in [0.717, 1.165) is 16.9 Å². The number of thiophene rings is 1. The quantitative estimate of drug-likeness (QED) is 0.816. The van der Waals surface area contributed by atoms with E-state index in [-0.39, 0.29) is 4.21 Å². The lowest BCUT2D eigenvalue weighted by Gasteiger charge is -2.07. The molecule has 0 radical (unpaired) electrons.